The number of thiophene rings is 1. The molecular weight excluding hydrogens is 342 g/mol. The zero-order chi connectivity index (χ0) is 17.9. The summed E-state index contributed by atoms with van der Waals surface area (Å²) in [7, 11) is 0. The molecule has 1 fully saturated rings. The lowest BCUT2D eigenvalue weighted by atomic mass is 10.1. The van der Waals surface area contributed by atoms with Crippen molar-refractivity contribution in [2.45, 2.75) is 26.2 Å². The molecule has 0 N–H and O–H groups in total. The number of nitrogens with zero attached hydrogens (tertiary/aromatic N) is 3. The molecular formula is C21H21N3OS. The third kappa shape index (κ3) is 3.57. The maximum atomic E-state index is 8.97. The van der Waals surface area contributed by atoms with Gasteiger partial charge in [-0.25, -0.2) is 4.98 Å². The summed E-state index contributed by atoms with van der Waals surface area (Å²) < 4.78 is 5.91. The molecule has 0 amide bonds. The number of benzene rings is 1. The quantitative estimate of drug-likeness (QED) is 0.648. The van der Waals surface area contributed by atoms with Gasteiger partial charge in [-0.2, -0.15) is 5.26 Å². The number of nitriles is 1. The number of oxazole rings is 1. The molecule has 3 aromatic rings. The normalized spacial score (nSPS) is 14.6. The highest BCUT2D eigenvalue weighted by Crippen LogP contribution is 2.30. The Balaban J connectivity index is 1.48. The van der Waals surface area contributed by atoms with E-state index in [-0.39, 0.29) is 0 Å². The molecule has 1 saturated heterocycles. The predicted octanol–water partition coefficient (Wildman–Crippen LogP) is 4.89. The fourth-order valence-corrected chi connectivity index (χ4v) is 4.19. The third-order valence-electron chi connectivity index (χ3n) is 4.89. The molecule has 0 atom stereocenters. The lowest BCUT2D eigenvalue weighted by Crippen LogP contribution is -2.22. The van der Waals surface area contributed by atoms with Crippen LogP contribution in [0.3, 0.4) is 0 Å². The monoisotopic (exact) mass is 363 g/mol. The van der Waals surface area contributed by atoms with Gasteiger partial charge in [0, 0.05) is 23.4 Å². The van der Waals surface area contributed by atoms with Crippen LogP contribution < -0.4 is 0 Å². The Morgan fingerprint density at radius 1 is 1.12 bits per heavy atom. The van der Waals surface area contributed by atoms with Gasteiger partial charge < -0.3 is 9.32 Å². The molecule has 26 heavy (non-hydrogen) atoms. The minimum Gasteiger partial charge on any atom is -0.441 e. The van der Waals surface area contributed by atoms with Gasteiger partial charge >= 0.3 is 0 Å². The first-order chi connectivity index (χ1) is 12.7. The van der Waals surface area contributed by atoms with E-state index in [2.05, 4.69) is 23.1 Å². The number of rotatable bonds is 5. The van der Waals surface area contributed by atoms with Gasteiger partial charge in [0.1, 0.15) is 16.7 Å². The Hall–Kier alpha value is -2.42. The first kappa shape index (κ1) is 17.0. The van der Waals surface area contributed by atoms with Crippen molar-refractivity contribution in [1.82, 2.24) is 9.88 Å². The van der Waals surface area contributed by atoms with Gasteiger partial charge in [0.2, 0.25) is 5.89 Å². The topological polar surface area (TPSA) is 53.1 Å². The van der Waals surface area contributed by atoms with Crippen LogP contribution in [-0.2, 0) is 6.42 Å². The number of aromatic nitrogens is 1. The Morgan fingerprint density at radius 2 is 1.85 bits per heavy atom. The van der Waals surface area contributed by atoms with Crippen LogP contribution in [0.15, 0.2) is 40.8 Å². The second-order valence-electron chi connectivity index (χ2n) is 6.67. The summed E-state index contributed by atoms with van der Waals surface area (Å²) in [5.74, 6) is 1.61. The summed E-state index contributed by atoms with van der Waals surface area (Å²) in [5, 5.41) is 8.97. The average molecular weight is 363 g/mol. The van der Waals surface area contributed by atoms with Crippen LogP contribution in [0.5, 0.6) is 0 Å². The standard InChI is InChI=1S/C21H21N3OS/c1-15-19(10-13-24-11-2-3-12-24)23-21(25-15)17-6-4-16(5-7-17)20-9-8-18(14-22)26-20/h4-9H,2-3,10-13H2,1H3. The van der Waals surface area contributed by atoms with Crippen molar-refractivity contribution >= 4 is 11.3 Å². The maximum Gasteiger partial charge on any atom is 0.226 e. The third-order valence-corrected chi connectivity index (χ3v) is 5.93. The summed E-state index contributed by atoms with van der Waals surface area (Å²) in [5.41, 5.74) is 3.16. The predicted molar refractivity (Wildman–Crippen MR) is 104 cm³/mol. The van der Waals surface area contributed by atoms with Crippen LogP contribution in [0.1, 0.15) is 29.2 Å². The van der Waals surface area contributed by atoms with Gasteiger partial charge in [0.15, 0.2) is 0 Å². The Morgan fingerprint density at radius 3 is 2.54 bits per heavy atom. The van der Waals surface area contributed by atoms with Gasteiger partial charge in [0.05, 0.1) is 5.69 Å². The molecule has 0 radical (unpaired) electrons. The molecule has 0 saturated carbocycles. The van der Waals surface area contributed by atoms with E-state index < -0.39 is 0 Å². The highest BCUT2D eigenvalue weighted by Gasteiger charge is 2.15. The molecule has 1 aliphatic heterocycles. The number of hydrogen-bond acceptors (Lipinski definition) is 5. The fraction of sp³-hybridized carbons (Fsp3) is 0.333. The van der Waals surface area contributed by atoms with E-state index >= 15 is 0 Å². The number of likely N-dealkylation sites (tertiary alicyclic amines) is 1. The summed E-state index contributed by atoms with van der Waals surface area (Å²) in [6.45, 7) is 5.48. The van der Waals surface area contributed by atoms with Crippen LogP contribution in [0.25, 0.3) is 21.9 Å². The van der Waals surface area contributed by atoms with Crippen LogP contribution in [-0.4, -0.2) is 29.5 Å². The van der Waals surface area contributed by atoms with Crippen molar-refractivity contribution in [1.29, 1.82) is 5.26 Å². The minimum atomic E-state index is 0.689. The molecule has 0 bridgehead atoms. The largest absolute Gasteiger partial charge is 0.441 e. The summed E-state index contributed by atoms with van der Waals surface area (Å²) in [4.78, 5) is 9.06. The second kappa shape index (κ2) is 7.45. The number of hydrogen-bond donors (Lipinski definition) is 0. The number of aryl methyl sites for hydroxylation is 1. The van der Waals surface area contributed by atoms with E-state index in [1.807, 2.05) is 31.2 Å². The molecule has 2 aromatic heterocycles. The zero-order valence-corrected chi connectivity index (χ0v) is 15.7. The lowest BCUT2D eigenvalue weighted by Gasteiger charge is -2.12. The Bertz CT molecular complexity index is 927. The Labute approximate surface area is 157 Å². The van der Waals surface area contributed by atoms with Crippen molar-refractivity contribution in [2.24, 2.45) is 0 Å². The Kier molecular flexibility index (Phi) is 4.87. The van der Waals surface area contributed by atoms with E-state index in [0.29, 0.717) is 5.89 Å². The van der Waals surface area contributed by atoms with Crippen molar-refractivity contribution < 1.29 is 4.42 Å². The van der Waals surface area contributed by atoms with Crippen LogP contribution >= 0.6 is 11.3 Å². The van der Waals surface area contributed by atoms with E-state index in [1.165, 1.54) is 37.3 Å². The summed E-state index contributed by atoms with van der Waals surface area (Å²) in [6.07, 6.45) is 3.57. The minimum absolute atomic E-state index is 0.689. The molecule has 4 rings (SSSR count). The second-order valence-corrected chi connectivity index (χ2v) is 7.76. The maximum absolute atomic E-state index is 8.97. The van der Waals surface area contributed by atoms with Gasteiger partial charge in [0.25, 0.3) is 0 Å². The van der Waals surface area contributed by atoms with Gasteiger partial charge in [-0.1, -0.05) is 12.1 Å². The lowest BCUT2D eigenvalue weighted by molar-refractivity contribution is 0.341. The van der Waals surface area contributed by atoms with Crippen LogP contribution in [0.4, 0.5) is 0 Å². The summed E-state index contributed by atoms with van der Waals surface area (Å²) in [6, 6.07) is 14.2. The first-order valence-corrected chi connectivity index (χ1v) is 9.84. The SMILES string of the molecule is Cc1oc(-c2ccc(-c3ccc(C#N)s3)cc2)nc1CCN1CCCC1. The molecule has 0 spiro atoms. The van der Waals surface area contributed by atoms with Crippen molar-refractivity contribution in [2.75, 3.05) is 19.6 Å². The van der Waals surface area contributed by atoms with Crippen molar-refractivity contribution in [3.8, 4) is 28.0 Å². The fourth-order valence-electron chi connectivity index (χ4n) is 3.38. The summed E-state index contributed by atoms with van der Waals surface area (Å²) >= 11 is 1.51. The van der Waals surface area contributed by atoms with E-state index in [0.717, 1.165) is 45.3 Å². The molecule has 1 aromatic carbocycles. The molecule has 5 heteroatoms. The zero-order valence-electron chi connectivity index (χ0n) is 14.9. The molecule has 3 heterocycles. The highest BCUT2D eigenvalue weighted by molar-refractivity contribution is 7.16. The van der Waals surface area contributed by atoms with E-state index in [4.69, 9.17) is 14.7 Å². The molecule has 0 aliphatic carbocycles. The van der Waals surface area contributed by atoms with Crippen molar-refractivity contribution in [3.63, 3.8) is 0 Å². The highest BCUT2D eigenvalue weighted by atomic mass is 32.1. The van der Waals surface area contributed by atoms with Crippen LogP contribution in [0.2, 0.25) is 0 Å². The average Bonchev–Trinajstić information content (AvgIpc) is 3.41. The van der Waals surface area contributed by atoms with Crippen LogP contribution in [0, 0.1) is 18.3 Å². The van der Waals surface area contributed by atoms with Gasteiger partial charge in [-0.3, -0.25) is 0 Å². The van der Waals surface area contributed by atoms with E-state index in [1.54, 1.807) is 0 Å². The van der Waals surface area contributed by atoms with Gasteiger partial charge in [-0.05, 0) is 62.7 Å². The molecule has 4 nitrogen and oxygen atoms in total. The van der Waals surface area contributed by atoms with E-state index in [9.17, 15) is 0 Å². The smallest absolute Gasteiger partial charge is 0.226 e. The molecule has 1 aliphatic rings. The molecule has 132 valence electrons. The van der Waals surface area contributed by atoms with Gasteiger partial charge in [-0.15, -0.1) is 11.3 Å². The molecule has 0 unspecified atom stereocenters. The first-order valence-electron chi connectivity index (χ1n) is 9.02. The van der Waals surface area contributed by atoms with Crippen molar-refractivity contribution in [3.05, 3.63) is 52.7 Å².